The van der Waals surface area contributed by atoms with E-state index in [9.17, 15) is 9.59 Å². The first-order chi connectivity index (χ1) is 25.2. The van der Waals surface area contributed by atoms with Crippen LogP contribution >= 0.6 is 0 Å². The summed E-state index contributed by atoms with van der Waals surface area (Å²) in [7, 11) is 6.69. The molecule has 2 amide bonds. The molecule has 4 aromatic rings. The highest BCUT2D eigenvalue weighted by atomic mass is 16.5. The molecule has 0 radical (unpaired) electrons. The average Bonchev–Trinajstić information content (AvgIpc) is 3.83. The number of carbonyl (C=O) groups is 2. The van der Waals surface area contributed by atoms with Gasteiger partial charge in [0.25, 0.3) is 11.8 Å². The zero-order valence-corrected chi connectivity index (χ0v) is 30.8. The maximum Gasteiger partial charge on any atom is 0.274 e. The number of likely N-dealkylation sites (tertiary alicyclic amines) is 2. The van der Waals surface area contributed by atoms with Crippen LogP contribution in [0.25, 0.3) is 11.1 Å². The minimum atomic E-state index is -0.336. The maximum absolute atomic E-state index is 13.4. The molecule has 2 atom stereocenters. The van der Waals surface area contributed by atoms with E-state index in [4.69, 9.17) is 18.9 Å². The predicted molar refractivity (Wildman–Crippen MR) is 200 cm³/mol. The van der Waals surface area contributed by atoms with Crippen LogP contribution in [0.15, 0.2) is 60.9 Å². The van der Waals surface area contributed by atoms with Gasteiger partial charge < -0.3 is 29.6 Å². The topological polar surface area (TPSA) is 127 Å². The average molecular weight is 709 g/mol. The van der Waals surface area contributed by atoms with Gasteiger partial charge in [0.1, 0.15) is 22.9 Å². The molecule has 0 saturated carbocycles. The van der Waals surface area contributed by atoms with E-state index in [-0.39, 0.29) is 35.4 Å². The van der Waals surface area contributed by atoms with Crippen LogP contribution in [0.2, 0.25) is 0 Å². The molecule has 2 fully saturated rings. The Bertz CT molecular complexity index is 1780. The number of carbonyl (C=O) groups excluding carboxylic acids is 2. The number of amides is 2. The van der Waals surface area contributed by atoms with Crippen LogP contribution in [-0.2, 0) is 22.6 Å². The van der Waals surface area contributed by atoms with Gasteiger partial charge in [-0.15, -0.1) is 0 Å². The number of aromatic nitrogens is 2. The van der Waals surface area contributed by atoms with Crippen molar-refractivity contribution in [1.82, 2.24) is 19.8 Å². The third-order valence-electron chi connectivity index (χ3n) is 10.2. The van der Waals surface area contributed by atoms with Crippen LogP contribution in [0.5, 0.6) is 11.5 Å². The first kappa shape index (κ1) is 36.9. The molecule has 2 aliphatic rings. The molecule has 274 valence electrons. The number of ether oxygens (including phenoxy) is 4. The van der Waals surface area contributed by atoms with Crippen LogP contribution in [-0.4, -0.2) is 98.4 Å². The first-order valence-corrected chi connectivity index (χ1v) is 17.6. The van der Waals surface area contributed by atoms with E-state index in [0.717, 1.165) is 72.4 Å². The highest BCUT2D eigenvalue weighted by Gasteiger charge is 2.25. The van der Waals surface area contributed by atoms with E-state index in [1.807, 2.05) is 50.2 Å². The molecular formula is C40H48N6O6. The molecule has 12 nitrogen and oxygen atoms in total. The molecule has 0 spiro atoms. The molecule has 4 heterocycles. The highest BCUT2D eigenvalue weighted by Crippen LogP contribution is 2.34. The largest absolute Gasteiger partial charge is 0.496 e. The zero-order valence-electron chi connectivity index (χ0n) is 30.8. The van der Waals surface area contributed by atoms with Gasteiger partial charge >= 0.3 is 0 Å². The van der Waals surface area contributed by atoms with Crippen LogP contribution in [0, 0.1) is 13.8 Å². The van der Waals surface area contributed by atoms with Crippen molar-refractivity contribution in [2.45, 2.75) is 52.0 Å². The van der Waals surface area contributed by atoms with Crippen molar-refractivity contribution in [2.24, 2.45) is 0 Å². The normalized spacial score (nSPS) is 17.7. The van der Waals surface area contributed by atoms with Gasteiger partial charge in [-0.3, -0.25) is 29.4 Å². The summed E-state index contributed by atoms with van der Waals surface area (Å²) in [4.78, 5) is 40.5. The van der Waals surface area contributed by atoms with E-state index in [2.05, 4.69) is 30.4 Å². The van der Waals surface area contributed by atoms with E-state index < -0.39 is 0 Å². The zero-order chi connectivity index (χ0) is 36.8. The second-order valence-corrected chi connectivity index (χ2v) is 13.4. The predicted octanol–water partition coefficient (Wildman–Crippen LogP) is 5.72. The fraction of sp³-hybridized carbons (Fsp3) is 0.400. The van der Waals surface area contributed by atoms with Crippen molar-refractivity contribution in [2.75, 3.05) is 65.3 Å². The van der Waals surface area contributed by atoms with Gasteiger partial charge in [0, 0.05) is 101 Å². The van der Waals surface area contributed by atoms with Crippen molar-refractivity contribution in [3.8, 4) is 22.6 Å². The number of pyridine rings is 2. The smallest absolute Gasteiger partial charge is 0.274 e. The Kier molecular flexibility index (Phi) is 11.8. The second-order valence-electron chi connectivity index (χ2n) is 13.4. The molecular weight excluding hydrogens is 660 g/mol. The molecule has 2 aliphatic heterocycles. The summed E-state index contributed by atoms with van der Waals surface area (Å²) in [6.45, 7) is 8.84. The summed E-state index contributed by atoms with van der Waals surface area (Å²) in [5, 5.41) is 6.08. The number of nitrogens with zero attached hydrogens (tertiary/aromatic N) is 4. The Hall–Kier alpha value is -4.88. The fourth-order valence-corrected chi connectivity index (χ4v) is 7.04. The molecule has 0 aliphatic carbocycles. The maximum atomic E-state index is 13.4. The lowest BCUT2D eigenvalue weighted by Gasteiger charge is -2.19. The van der Waals surface area contributed by atoms with Crippen LogP contribution < -0.4 is 20.1 Å². The fourth-order valence-electron chi connectivity index (χ4n) is 7.04. The number of nitrogens with one attached hydrogen (secondary N) is 2. The van der Waals surface area contributed by atoms with Gasteiger partial charge in [-0.05, 0) is 61.1 Å². The number of anilines is 2. The summed E-state index contributed by atoms with van der Waals surface area (Å²) >= 11 is 0. The Morgan fingerprint density at radius 3 is 1.48 bits per heavy atom. The van der Waals surface area contributed by atoms with Gasteiger partial charge in [-0.1, -0.05) is 24.3 Å². The van der Waals surface area contributed by atoms with Gasteiger partial charge in [0.2, 0.25) is 0 Å². The summed E-state index contributed by atoms with van der Waals surface area (Å²) in [5.74, 6) is 0.565. The van der Waals surface area contributed by atoms with Crippen LogP contribution in [0.1, 0.15) is 56.1 Å². The van der Waals surface area contributed by atoms with E-state index in [1.165, 1.54) is 0 Å². The minimum absolute atomic E-state index is 0.230. The van der Waals surface area contributed by atoms with Crippen molar-refractivity contribution in [3.63, 3.8) is 0 Å². The first-order valence-electron chi connectivity index (χ1n) is 17.6. The number of hydrogen-bond acceptors (Lipinski definition) is 10. The Balaban J connectivity index is 1.15. The Labute approximate surface area is 305 Å². The van der Waals surface area contributed by atoms with Crippen LogP contribution in [0.3, 0.4) is 0 Å². The number of methoxy groups -OCH3 is 4. The molecule has 0 unspecified atom stereocenters. The molecule has 2 saturated heterocycles. The van der Waals surface area contributed by atoms with Gasteiger partial charge in [-0.25, -0.2) is 0 Å². The summed E-state index contributed by atoms with van der Waals surface area (Å²) in [6, 6.07) is 14.9. The van der Waals surface area contributed by atoms with Crippen molar-refractivity contribution >= 4 is 23.2 Å². The Morgan fingerprint density at radius 2 is 1.12 bits per heavy atom. The molecule has 6 rings (SSSR count). The number of benzene rings is 2. The molecule has 2 aromatic carbocycles. The monoisotopic (exact) mass is 708 g/mol. The van der Waals surface area contributed by atoms with Crippen LogP contribution in [0.4, 0.5) is 11.4 Å². The minimum Gasteiger partial charge on any atom is -0.496 e. The molecule has 2 N–H and O–H groups in total. The van der Waals surface area contributed by atoms with E-state index in [0.29, 0.717) is 36.0 Å². The molecule has 52 heavy (non-hydrogen) atoms. The van der Waals surface area contributed by atoms with Crippen molar-refractivity contribution < 1.29 is 28.5 Å². The molecule has 12 heteroatoms. The van der Waals surface area contributed by atoms with Crippen molar-refractivity contribution in [1.29, 1.82) is 0 Å². The standard InChI is InChI=1S/C40H48N6O6/c1-25-31(9-7-11-33(25)43-39(47)35-17-37(51-5)27(19-41-35)21-45-15-13-29(23-45)49-3)32-10-8-12-34(26(32)2)44-40(48)36-18-38(52-6)28(20-42-36)22-46-16-14-30(24-46)50-4/h7-12,17-20,29-30H,13-16,21-24H2,1-6H3,(H,43,47)(H,44,48)/t29-,30-/m1/s1. The van der Waals surface area contributed by atoms with E-state index in [1.54, 1.807) is 53.0 Å². The number of hydrogen-bond donors (Lipinski definition) is 2. The third-order valence-corrected chi connectivity index (χ3v) is 10.2. The van der Waals surface area contributed by atoms with Gasteiger partial charge in [-0.2, -0.15) is 0 Å². The highest BCUT2D eigenvalue weighted by molar-refractivity contribution is 6.05. The number of rotatable bonds is 13. The van der Waals surface area contributed by atoms with Gasteiger partial charge in [0.15, 0.2) is 0 Å². The summed E-state index contributed by atoms with van der Waals surface area (Å²) in [5.41, 5.74) is 7.29. The van der Waals surface area contributed by atoms with Gasteiger partial charge in [0.05, 0.1) is 26.4 Å². The molecule has 0 bridgehead atoms. The van der Waals surface area contributed by atoms with Crippen molar-refractivity contribution in [3.05, 3.63) is 94.6 Å². The van der Waals surface area contributed by atoms with E-state index >= 15 is 0 Å². The molecule has 2 aromatic heterocycles. The summed E-state index contributed by atoms with van der Waals surface area (Å²) in [6.07, 6.45) is 5.86. The lowest BCUT2D eigenvalue weighted by atomic mass is 9.94. The summed E-state index contributed by atoms with van der Waals surface area (Å²) < 4.78 is 22.3. The SMILES string of the molecule is COc1cc(C(=O)Nc2cccc(-c3cccc(NC(=O)c4cc(OC)c(CN5CC[C@@H](OC)C5)cn4)c3C)c2C)ncc1CN1CC[C@@H](OC)C1. The lowest BCUT2D eigenvalue weighted by Crippen LogP contribution is -2.23. The lowest BCUT2D eigenvalue weighted by molar-refractivity contribution is 0.101. The Morgan fingerprint density at radius 1 is 0.692 bits per heavy atom. The third kappa shape index (κ3) is 8.26. The second kappa shape index (κ2) is 16.6. The quantitative estimate of drug-likeness (QED) is 0.178.